The molecule has 2 aromatic carbocycles. The fourth-order valence-corrected chi connectivity index (χ4v) is 6.07. The Morgan fingerprint density at radius 3 is 2.46 bits per heavy atom. The van der Waals surface area contributed by atoms with Gasteiger partial charge in [0.15, 0.2) is 5.76 Å². The predicted molar refractivity (Wildman–Crippen MR) is 141 cm³/mol. The number of methoxy groups -OCH3 is 1. The number of halogens is 1. The molecule has 1 amide bonds. The Morgan fingerprint density at radius 1 is 1.13 bits per heavy atom. The van der Waals surface area contributed by atoms with Crippen LogP contribution in [0.5, 0.6) is 5.75 Å². The van der Waals surface area contributed by atoms with Crippen molar-refractivity contribution in [3.8, 4) is 5.75 Å². The molecule has 2 aromatic rings. The van der Waals surface area contributed by atoms with Gasteiger partial charge in [-0.15, -0.1) is 0 Å². The third kappa shape index (κ3) is 7.57. The van der Waals surface area contributed by atoms with Gasteiger partial charge in [-0.05, 0) is 72.7 Å². The van der Waals surface area contributed by atoms with Gasteiger partial charge in [-0.25, -0.2) is 12.8 Å². The van der Waals surface area contributed by atoms with Crippen molar-refractivity contribution in [3.63, 3.8) is 0 Å². The number of nitrogens with zero attached hydrogens (tertiary/aromatic N) is 1. The molecule has 0 saturated heterocycles. The molecule has 9 nitrogen and oxygen atoms in total. The van der Waals surface area contributed by atoms with Crippen LogP contribution in [0.25, 0.3) is 0 Å². The number of carbonyl (C=O) groups excluding carboxylic acids is 1. The summed E-state index contributed by atoms with van der Waals surface area (Å²) in [4.78, 5) is 13.0. The first kappa shape index (κ1) is 29.0. The van der Waals surface area contributed by atoms with Crippen molar-refractivity contribution < 1.29 is 36.9 Å². The number of sulfonamides is 1. The third-order valence-corrected chi connectivity index (χ3v) is 9.04. The van der Waals surface area contributed by atoms with Gasteiger partial charge < -0.3 is 24.6 Å². The van der Waals surface area contributed by atoms with Crippen LogP contribution < -0.4 is 10.1 Å². The van der Waals surface area contributed by atoms with Crippen LogP contribution in [-0.4, -0.2) is 63.4 Å². The molecule has 2 N–H and O–H groups in total. The number of amides is 1. The first-order valence-corrected chi connectivity index (χ1v) is 14.5. The number of aliphatic hydroxyl groups is 1. The van der Waals surface area contributed by atoms with Crippen LogP contribution in [0.1, 0.15) is 31.2 Å². The van der Waals surface area contributed by atoms with Gasteiger partial charge in [0.05, 0.1) is 25.2 Å². The van der Waals surface area contributed by atoms with Crippen LogP contribution in [-0.2, 0) is 30.8 Å². The number of aliphatic hydroxyl groups excluding tert-OH is 1. The van der Waals surface area contributed by atoms with E-state index in [1.54, 1.807) is 24.3 Å². The van der Waals surface area contributed by atoms with E-state index in [0.29, 0.717) is 18.1 Å². The summed E-state index contributed by atoms with van der Waals surface area (Å²) in [5.74, 6) is 0.527. The maximum atomic E-state index is 13.2. The quantitative estimate of drug-likeness (QED) is 0.385. The monoisotopic (exact) mass is 562 g/mol. The fourth-order valence-electron chi connectivity index (χ4n) is 4.66. The smallest absolute Gasteiger partial charge is 0.286 e. The minimum Gasteiger partial charge on any atom is -0.497 e. The number of nitrogens with one attached hydrogen (secondary N) is 1. The Balaban J connectivity index is 1.37. The van der Waals surface area contributed by atoms with Crippen LogP contribution in [0.15, 0.2) is 65.3 Å². The van der Waals surface area contributed by atoms with E-state index in [0.717, 1.165) is 29.1 Å². The molecule has 1 heterocycles. The van der Waals surface area contributed by atoms with E-state index < -0.39 is 16.3 Å². The van der Waals surface area contributed by atoms with Gasteiger partial charge in [-0.2, -0.15) is 4.31 Å². The summed E-state index contributed by atoms with van der Waals surface area (Å²) in [5.41, 5.74) is 0.756. The highest BCUT2D eigenvalue weighted by atomic mass is 32.2. The number of hydrogen-bond donors (Lipinski definition) is 2. The second-order valence-electron chi connectivity index (χ2n) is 9.65. The summed E-state index contributed by atoms with van der Waals surface area (Å²) in [6.07, 6.45) is 4.99. The average Bonchev–Trinajstić information content (AvgIpc) is 2.91. The predicted octanol–water partition coefficient (Wildman–Crippen LogP) is 3.20. The van der Waals surface area contributed by atoms with Crippen LogP contribution in [0.4, 0.5) is 4.39 Å². The van der Waals surface area contributed by atoms with Crippen molar-refractivity contribution >= 4 is 15.9 Å². The largest absolute Gasteiger partial charge is 0.497 e. The number of allylic oxidation sites excluding steroid dienone is 1. The zero-order chi connectivity index (χ0) is 27.8. The lowest BCUT2D eigenvalue weighted by Gasteiger charge is -2.37. The third-order valence-electron chi connectivity index (χ3n) is 7.12. The highest BCUT2D eigenvalue weighted by molar-refractivity contribution is 7.89. The van der Waals surface area contributed by atoms with Gasteiger partial charge in [0.2, 0.25) is 16.3 Å². The Labute approximate surface area is 228 Å². The number of carbonyl (C=O) groups is 1. The Kier molecular flexibility index (Phi) is 9.95. The second kappa shape index (κ2) is 13.4. The maximum absolute atomic E-state index is 13.2. The molecule has 0 aromatic heterocycles. The molecule has 0 unspecified atom stereocenters. The fraction of sp³-hybridized carbons (Fsp3) is 0.464. The number of hydrogen-bond acceptors (Lipinski definition) is 7. The topological polar surface area (TPSA) is 114 Å². The SMILES string of the molecule is COc1ccc(S(=O)(=O)N(CCO)CCO[C@H]2C[C@@H](C3CCC3)C=C(C(=O)NCc3ccc(F)cc3)O2)cc1. The molecule has 1 aliphatic heterocycles. The molecule has 4 rings (SSSR count). The summed E-state index contributed by atoms with van der Waals surface area (Å²) in [6, 6.07) is 11.9. The van der Waals surface area contributed by atoms with Crippen molar-refractivity contribution in [1.29, 1.82) is 0 Å². The number of benzene rings is 2. The van der Waals surface area contributed by atoms with E-state index in [4.69, 9.17) is 14.2 Å². The van der Waals surface area contributed by atoms with E-state index >= 15 is 0 Å². The molecular formula is C28H35FN2O7S. The highest BCUT2D eigenvalue weighted by Crippen LogP contribution is 2.40. The molecule has 0 radical (unpaired) electrons. The normalized spacial score (nSPS) is 19.6. The molecule has 212 valence electrons. The minimum atomic E-state index is -3.87. The summed E-state index contributed by atoms with van der Waals surface area (Å²) in [5, 5.41) is 12.3. The molecule has 2 aliphatic rings. The highest BCUT2D eigenvalue weighted by Gasteiger charge is 2.35. The van der Waals surface area contributed by atoms with Crippen LogP contribution >= 0.6 is 0 Å². The summed E-state index contributed by atoms with van der Waals surface area (Å²) >= 11 is 0. The van der Waals surface area contributed by atoms with Gasteiger partial charge in [0, 0.05) is 26.1 Å². The first-order chi connectivity index (χ1) is 18.8. The lowest BCUT2D eigenvalue weighted by atomic mass is 9.73. The number of ether oxygens (including phenoxy) is 3. The molecule has 39 heavy (non-hydrogen) atoms. The molecule has 0 bridgehead atoms. The molecule has 2 atom stereocenters. The minimum absolute atomic E-state index is 0.00130. The van der Waals surface area contributed by atoms with Crippen LogP contribution in [0.2, 0.25) is 0 Å². The lowest BCUT2D eigenvalue weighted by molar-refractivity contribution is -0.152. The van der Waals surface area contributed by atoms with Crippen molar-refractivity contribution in [3.05, 3.63) is 71.7 Å². The molecule has 0 spiro atoms. The van der Waals surface area contributed by atoms with Crippen LogP contribution in [0, 0.1) is 17.7 Å². The zero-order valence-corrected chi connectivity index (χ0v) is 22.7. The molecule has 1 aliphatic carbocycles. The van der Waals surface area contributed by atoms with E-state index in [9.17, 15) is 22.7 Å². The number of rotatable bonds is 13. The Morgan fingerprint density at radius 2 is 1.85 bits per heavy atom. The Hall–Kier alpha value is -2.99. The summed E-state index contributed by atoms with van der Waals surface area (Å²) in [6.45, 7) is -0.204. The molecule has 1 saturated carbocycles. The maximum Gasteiger partial charge on any atom is 0.286 e. The summed E-state index contributed by atoms with van der Waals surface area (Å²) in [7, 11) is -2.38. The van der Waals surface area contributed by atoms with Gasteiger partial charge in [0.1, 0.15) is 11.6 Å². The summed E-state index contributed by atoms with van der Waals surface area (Å²) < 4.78 is 57.5. The molecule has 1 fully saturated rings. The van der Waals surface area contributed by atoms with Gasteiger partial charge in [-0.3, -0.25) is 4.79 Å². The average molecular weight is 563 g/mol. The molecule has 11 heteroatoms. The Bertz CT molecular complexity index is 1230. The van der Waals surface area contributed by atoms with Crippen molar-refractivity contribution in [2.24, 2.45) is 11.8 Å². The van der Waals surface area contributed by atoms with Gasteiger partial charge in [-0.1, -0.05) is 18.6 Å². The van der Waals surface area contributed by atoms with Gasteiger partial charge in [0.25, 0.3) is 5.91 Å². The molecular weight excluding hydrogens is 527 g/mol. The zero-order valence-electron chi connectivity index (χ0n) is 21.9. The van der Waals surface area contributed by atoms with E-state index in [2.05, 4.69) is 5.32 Å². The first-order valence-electron chi connectivity index (χ1n) is 13.1. The van der Waals surface area contributed by atoms with E-state index in [1.807, 2.05) is 6.08 Å². The van der Waals surface area contributed by atoms with Crippen molar-refractivity contribution in [1.82, 2.24) is 9.62 Å². The standard InChI is InChI=1S/C28H35FN2O7S/c1-36-24-9-11-25(12-10-24)39(34,35)31(13-15-32)14-16-37-27-18-22(21-3-2-4-21)17-26(38-27)28(33)30-19-20-5-7-23(29)8-6-20/h5-12,17,21-22,27,32H,2-4,13-16,18-19H2,1H3,(H,30,33)/t22-,27+/m0/s1. The second-order valence-corrected chi connectivity index (χ2v) is 11.6. The lowest BCUT2D eigenvalue weighted by Crippen LogP contribution is -2.39. The van der Waals surface area contributed by atoms with Crippen molar-refractivity contribution in [2.75, 3.05) is 33.4 Å². The van der Waals surface area contributed by atoms with Crippen molar-refractivity contribution in [2.45, 2.75) is 43.4 Å². The van der Waals surface area contributed by atoms with Gasteiger partial charge >= 0.3 is 0 Å². The van der Waals surface area contributed by atoms with Crippen LogP contribution in [0.3, 0.4) is 0 Å². The van der Waals surface area contributed by atoms with E-state index in [-0.39, 0.29) is 61.1 Å². The van der Waals surface area contributed by atoms with E-state index in [1.165, 1.54) is 31.4 Å².